The van der Waals surface area contributed by atoms with Crippen LogP contribution in [0.2, 0.25) is 5.02 Å². The number of halogens is 2. The number of fused-ring (bicyclic) bond motifs is 1. The van der Waals surface area contributed by atoms with Gasteiger partial charge in [0.05, 0.1) is 16.8 Å². The van der Waals surface area contributed by atoms with E-state index in [0.29, 0.717) is 17.9 Å². The van der Waals surface area contributed by atoms with E-state index in [2.05, 4.69) is 0 Å². The lowest BCUT2D eigenvalue weighted by Crippen LogP contribution is -2.57. The van der Waals surface area contributed by atoms with E-state index in [1.165, 1.54) is 36.4 Å². The van der Waals surface area contributed by atoms with Crippen LogP contribution in [-0.2, 0) is 9.59 Å². The van der Waals surface area contributed by atoms with Crippen LogP contribution >= 0.6 is 23.2 Å². The number of benzene rings is 2. The van der Waals surface area contributed by atoms with Gasteiger partial charge in [0.2, 0.25) is 0 Å². The van der Waals surface area contributed by atoms with Crippen molar-refractivity contribution < 1.29 is 24.1 Å². The Bertz CT molecular complexity index is 1290. The number of non-ortho nitro benzene ring substituents is 1. The first-order chi connectivity index (χ1) is 17.6. The van der Waals surface area contributed by atoms with Gasteiger partial charge in [-0.15, -0.1) is 11.6 Å². The molecule has 3 atom stereocenters. The predicted molar refractivity (Wildman–Crippen MR) is 136 cm³/mol. The molecule has 0 spiro atoms. The summed E-state index contributed by atoms with van der Waals surface area (Å²) in [6.45, 7) is 1.87. The van der Waals surface area contributed by atoms with Crippen LogP contribution in [0, 0.1) is 22.0 Å². The highest BCUT2D eigenvalue weighted by Gasteiger charge is 2.53. The Morgan fingerprint density at radius 1 is 1.05 bits per heavy atom. The number of allylic oxidation sites excluding steroid dienone is 2. The number of hydrogen-bond donors (Lipinski definition) is 0. The van der Waals surface area contributed by atoms with E-state index in [9.17, 15) is 29.3 Å². The monoisotopic (exact) mass is 543 g/mol. The average molecular weight is 544 g/mol. The minimum Gasteiger partial charge on any atom is -0.292 e. The number of nitrogens with zero attached hydrogens (tertiary/aromatic N) is 3. The van der Waals surface area contributed by atoms with Crippen LogP contribution in [0.15, 0.2) is 60.2 Å². The summed E-state index contributed by atoms with van der Waals surface area (Å²) >= 11 is 12.0. The zero-order chi connectivity index (χ0) is 26.9. The molecule has 2 aliphatic rings. The third kappa shape index (κ3) is 5.14. The van der Waals surface area contributed by atoms with Gasteiger partial charge in [0.25, 0.3) is 23.4 Å². The Hall–Kier alpha value is -3.56. The van der Waals surface area contributed by atoms with Crippen LogP contribution < -0.4 is 0 Å². The van der Waals surface area contributed by atoms with E-state index < -0.39 is 46.3 Å². The highest BCUT2D eigenvalue weighted by Crippen LogP contribution is 2.39. The summed E-state index contributed by atoms with van der Waals surface area (Å²) in [4.78, 5) is 65.1. The van der Waals surface area contributed by atoms with Gasteiger partial charge in [0.1, 0.15) is 6.04 Å². The molecule has 2 aromatic carbocycles. The Balaban J connectivity index is 1.80. The number of nitro groups is 1. The van der Waals surface area contributed by atoms with Crippen molar-refractivity contribution >= 4 is 52.4 Å². The van der Waals surface area contributed by atoms with Gasteiger partial charge in [-0.2, -0.15) is 5.01 Å². The SMILES string of the molecule is CC1=CC[C@@H]2C(=O)N(N(C(=O)c3ccc([N+](=O)[O-])cc3)[C@@H](CCCl)C(=O)c3ccc(Cl)cc3)C(=O)[C@@H]2C1. The van der Waals surface area contributed by atoms with Crippen LogP contribution in [0.4, 0.5) is 5.69 Å². The number of Topliss-reactive ketones (excluding diaryl/α,β-unsaturated/α-hetero) is 1. The van der Waals surface area contributed by atoms with Gasteiger partial charge in [-0.25, -0.2) is 5.01 Å². The molecule has 9 nitrogen and oxygen atoms in total. The standard InChI is InChI=1S/C26H23Cl2N3O6/c1-15-2-11-20-21(14-15)26(35)30(25(20)34)29(24(33)17-5-9-19(10-6-17)31(36)37)22(12-13-27)23(32)16-3-7-18(28)8-4-16/h2-10,20-22H,11-14H2,1H3/t20-,21+,22-/m0/s1. The molecule has 1 fully saturated rings. The lowest BCUT2D eigenvalue weighted by molar-refractivity contribution is -0.384. The van der Waals surface area contributed by atoms with Crippen LogP contribution in [0.25, 0.3) is 0 Å². The third-order valence-electron chi connectivity index (χ3n) is 6.66. The first-order valence-electron chi connectivity index (χ1n) is 11.6. The second kappa shape index (κ2) is 10.8. The lowest BCUT2D eigenvalue weighted by atomic mass is 9.82. The van der Waals surface area contributed by atoms with Crippen molar-refractivity contribution in [3.63, 3.8) is 0 Å². The zero-order valence-corrected chi connectivity index (χ0v) is 21.3. The predicted octanol–water partition coefficient (Wildman–Crippen LogP) is 4.83. The van der Waals surface area contributed by atoms with Gasteiger partial charge in [-0.1, -0.05) is 23.3 Å². The number of ketones is 1. The maximum Gasteiger partial charge on any atom is 0.273 e. The average Bonchev–Trinajstić information content (AvgIpc) is 3.12. The van der Waals surface area contributed by atoms with E-state index in [1.807, 2.05) is 13.0 Å². The van der Waals surface area contributed by atoms with Crippen molar-refractivity contribution in [1.29, 1.82) is 0 Å². The molecule has 11 heteroatoms. The first kappa shape index (κ1) is 26.5. The van der Waals surface area contributed by atoms with Crippen molar-refractivity contribution in [3.05, 3.63) is 86.4 Å². The number of hydrazine groups is 1. The summed E-state index contributed by atoms with van der Waals surface area (Å²) in [7, 11) is 0. The molecule has 1 aliphatic heterocycles. The molecular formula is C26H23Cl2N3O6. The minimum absolute atomic E-state index is 0.0288. The summed E-state index contributed by atoms with van der Waals surface area (Å²) in [5, 5.41) is 13.2. The van der Waals surface area contributed by atoms with Crippen molar-refractivity contribution in [2.24, 2.45) is 11.8 Å². The molecule has 2 aromatic rings. The third-order valence-corrected chi connectivity index (χ3v) is 7.13. The van der Waals surface area contributed by atoms with E-state index in [0.717, 1.165) is 27.7 Å². The molecule has 0 radical (unpaired) electrons. The second-order valence-corrected chi connectivity index (χ2v) is 9.82. The van der Waals surface area contributed by atoms with Crippen LogP contribution in [0.5, 0.6) is 0 Å². The Labute approximate surface area is 222 Å². The highest BCUT2D eigenvalue weighted by atomic mass is 35.5. The summed E-state index contributed by atoms with van der Waals surface area (Å²) in [6, 6.07) is 9.46. The fourth-order valence-electron chi connectivity index (χ4n) is 4.74. The summed E-state index contributed by atoms with van der Waals surface area (Å²) in [5.74, 6) is -3.83. The number of carbonyl (C=O) groups is 4. The summed E-state index contributed by atoms with van der Waals surface area (Å²) < 4.78 is 0. The van der Waals surface area contributed by atoms with Crippen LogP contribution in [0.1, 0.15) is 46.9 Å². The largest absolute Gasteiger partial charge is 0.292 e. The molecule has 0 unspecified atom stereocenters. The quantitative estimate of drug-likeness (QED) is 0.117. The molecule has 1 heterocycles. The number of nitro benzene ring substituents is 1. The Kier molecular flexibility index (Phi) is 7.75. The topological polar surface area (TPSA) is 118 Å². The molecular weight excluding hydrogens is 521 g/mol. The van der Waals surface area contributed by atoms with Crippen molar-refractivity contribution in [2.45, 2.75) is 32.2 Å². The summed E-state index contributed by atoms with van der Waals surface area (Å²) in [5.41, 5.74) is 0.916. The minimum atomic E-state index is -1.29. The molecule has 192 valence electrons. The number of rotatable bonds is 8. The van der Waals surface area contributed by atoms with Crippen molar-refractivity contribution in [2.75, 3.05) is 5.88 Å². The highest BCUT2D eigenvalue weighted by molar-refractivity contribution is 6.30. The van der Waals surface area contributed by atoms with Gasteiger partial charge in [0.15, 0.2) is 5.78 Å². The van der Waals surface area contributed by atoms with Gasteiger partial charge < -0.3 is 0 Å². The smallest absolute Gasteiger partial charge is 0.273 e. The van der Waals surface area contributed by atoms with E-state index in [4.69, 9.17) is 23.2 Å². The molecule has 4 rings (SSSR count). The normalized spacial score (nSPS) is 19.8. The molecule has 1 aliphatic carbocycles. The van der Waals surface area contributed by atoms with Crippen LogP contribution in [-0.4, -0.2) is 50.4 Å². The number of carbonyl (C=O) groups excluding carboxylic acids is 4. The molecule has 37 heavy (non-hydrogen) atoms. The van der Waals surface area contributed by atoms with E-state index in [1.54, 1.807) is 0 Å². The number of hydrogen-bond acceptors (Lipinski definition) is 6. The van der Waals surface area contributed by atoms with Crippen LogP contribution in [0.3, 0.4) is 0 Å². The van der Waals surface area contributed by atoms with Crippen molar-refractivity contribution in [1.82, 2.24) is 10.0 Å². The fourth-order valence-corrected chi connectivity index (χ4v) is 5.07. The van der Waals surface area contributed by atoms with Gasteiger partial charge in [-0.05, 0) is 62.6 Å². The van der Waals surface area contributed by atoms with E-state index >= 15 is 0 Å². The second-order valence-electron chi connectivity index (χ2n) is 9.01. The van der Waals surface area contributed by atoms with Gasteiger partial charge in [0, 0.05) is 34.2 Å². The molecule has 0 aromatic heterocycles. The molecule has 3 amide bonds. The fraction of sp³-hybridized carbons (Fsp3) is 0.308. The Morgan fingerprint density at radius 2 is 1.65 bits per heavy atom. The first-order valence-corrected chi connectivity index (χ1v) is 12.5. The van der Waals surface area contributed by atoms with Gasteiger partial charge in [-0.3, -0.25) is 29.3 Å². The zero-order valence-electron chi connectivity index (χ0n) is 19.8. The number of amides is 3. The van der Waals surface area contributed by atoms with Gasteiger partial charge >= 0.3 is 0 Å². The molecule has 0 saturated carbocycles. The Morgan fingerprint density at radius 3 is 2.24 bits per heavy atom. The molecule has 0 N–H and O–H groups in total. The number of alkyl halides is 1. The number of imide groups is 1. The lowest BCUT2D eigenvalue weighted by Gasteiger charge is -2.36. The van der Waals surface area contributed by atoms with E-state index in [-0.39, 0.29) is 29.1 Å². The maximum absolute atomic E-state index is 13.9. The molecule has 0 bridgehead atoms. The maximum atomic E-state index is 13.9. The summed E-state index contributed by atoms with van der Waals surface area (Å²) in [6.07, 6.45) is 2.57. The molecule has 1 saturated heterocycles. The van der Waals surface area contributed by atoms with Crippen molar-refractivity contribution in [3.8, 4) is 0 Å².